The summed E-state index contributed by atoms with van der Waals surface area (Å²) in [5.74, 6) is -0.847. The highest BCUT2D eigenvalue weighted by atomic mass is 16.6. The summed E-state index contributed by atoms with van der Waals surface area (Å²) >= 11 is 0. The fourth-order valence-electron chi connectivity index (χ4n) is 10.7. The van der Waals surface area contributed by atoms with Crippen LogP contribution in [0.2, 0.25) is 0 Å². The fourth-order valence-corrected chi connectivity index (χ4v) is 10.7. The number of rotatable bonds is 65. The van der Waals surface area contributed by atoms with Gasteiger partial charge in [-0.2, -0.15) is 0 Å². The Kier molecular flexibility index (Phi) is 64.6. The molecule has 0 radical (unpaired) electrons. The molecule has 1 atom stereocenters. The molecule has 0 rings (SSSR count). The average Bonchev–Trinajstić information content (AvgIpc) is 3.43. The van der Waals surface area contributed by atoms with Gasteiger partial charge in [0.1, 0.15) is 13.2 Å². The van der Waals surface area contributed by atoms with Crippen LogP contribution >= 0.6 is 0 Å². The Labute approximate surface area is 481 Å². The first-order valence-corrected chi connectivity index (χ1v) is 34.8. The van der Waals surface area contributed by atoms with E-state index < -0.39 is 6.10 Å². The van der Waals surface area contributed by atoms with Crippen molar-refractivity contribution in [3.05, 3.63) is 24.3 Å². The molecule has 0 aromatic carbocycles. The van der Waals surface area contributed by atoms with E-state index in [1.165, 1.54) is 283 Å². The van der Waals surface area contributed by atoms with Crippen molar-refractivity contribution >= 4 is 17.9 Å². The molecule has 77 heavy (non-hydrogen) atoms. The van der Waals surface area contributed by atoms with Gasteiger partial charge in [0.15, 0.2) is 6.10 Å². The van der Waals surface area contributed by atoms with E-state index in [1.54, 1.807) is 0 Å². The predicted molar refractivity (Wildman–Crippen MR) is 335 cm³/mol. The maximum atomic E-state index is 12.9. The molecule has 0 aromatic rings. The van der Waals surface area contributed by atoms with Crippen LogP contribution in [0.4, 0.5) is 0 Å². The molecule has 0 fully saturated rings. The molecular formula is C71H134O6. The van der Waals surface area contributed by atoms with Crippen LogP contribution in [0.5, 0.6) is 0 Å². The summed E-state index contributed by atoms with van der Waals surface area (Å²) < 4.78 is 17.0. The summed E-state index contributed by atoms with van der Waals surface area (Å²) in [5, 5.41) is 0. The summed E-state index contributed by atoms with van der Waals surface area (Å²) in [7, 11) is 0. The van der Waals surface area contributed by atoms with Gasteiger partial charge < -0.3 is 14.2 Å². The van der Waals surface area contributed by atoms with E-state index >= 15 is 0 Å². The first-order valence-electron chi connectivity index (χ1n) is 34.8. The lowest BCUT2D eigenvalue weighted by Crippen LogP contribution is -2.30. The second-order valence-corrected chi connectivity index (χ2v) is 23.8. The van der Waals surface area contributed by atoms with Crippen molar-refractivity contribution in [3.63, 3.8) is 0 Å². The Morgan fingerprint density at radius 3 is 0.727 bits per heavy atom. The fraction of sp³-hybridized carbons (Fsp3) is 0.901. The number of ether oxygens (including phenoxy) is 3. The monoisotopic (exact) mass is 1080 g/mol. The smallest absolute Gasteiger partial charge is 0.306 e. The summed E-state index contributed by atoms with van der Waals surface area (Å²) in [4.78, 5) is 38.3. The van der Waals surface area contributed by atoms with E-state index in [2.05, 4.69) is 45.1 Å². The normalized spacial score (nSPS) is 12.1. The Morgan fingerprint density at radius 2 is 0.468 bits per heavy atom. The molecule has 0 N–H and O–H groups in total. The maximum Gasteiger partial charge on any atom is 0.306 e. The zero-order chi connectivity index (χ0) is 55.7. The lowest BCUT2D eigenvalue weighted by Gasteiger charge is -2.18. The van der Waals surface area contributed by atoms with Crippen molar-refractivity contribution in [2.24, 2.45) is 0 Å². The van der Waals surface area contributed by atoms with Gasteiger partial charge in [0, 0.05) is 19.3 Å². The topological polar surface area (TPSA) is 78.9 Å². The second-order valence-electron chi connectivity index (χ2n) is 23.8. The number of hydrogen-bond donors (Lipinski definition) is 0. The molecular weight excluding hydrogens is 949 g/mol. The average molecular weight is 1080 g/mol. The first kappa shape index (κ1) is 74.9. The molecule has 0 aliphatic heterocycles. The molecule has 454 valence electrons. The highest BCUT2D eigenvalue weighted by Gasteiger charge is 2.19. The lowest BCUT2D eigenvalue weighted by atomic mass is 10.0. The summed E-state index contributed by atoms with van der Waals surface area (Å²) in [6.45, 7) is 6.69. The van der Waals surface area contributed by atoms with Crippen LogP contribution in [0.3, 0.4) is 0 Å². The van der Waals surface area contributed by atoms with Gasteiger partial charge in [0.05, 0.1) is 0 Å². The summed E-state index contributed by atoms with van der Waals surface area (Å²) in [6, 6.07) is 0. The van der Waals surface area contributed by atoms with Gasteiger partial charge >= 0.3 is 17.9 Å². The number of unbranched alkanes of at least 4 members (excludes halogenated alkanes) is 50. The van der Waals surface area contributed by atoms with Crippen LogP contribution in [0.25, 0.3) is 0 Å². The van der Waals surface area contributed by atoms with Crippen molar-refractivity contribution in [3.8, 4) is 0 Å². The Bertz CT molecular complexity index is 1240. The quantitative estimate of drug-likeness (QED) is 0.0261. The third-order valence-corrected chi connectivity index (χ3v) is 16.0. The van der Waals surface area contributed by atoms with Crippen LogP contribution < -0.4 is 0 Å². The third kappa shape index (κ3) is 64.6. The number of hydrogen-bond acceptors (Lipinski definition) is 6. The molecule has 0 aliphatic carbocycles. The molecule has 0 saturated carbocycles. The molecule has 1 unspecified atom stereocenters. The second kappa shape index (κ2) is 66.4. The first-order chi connectivity index (χ1) is 38.0. The zero-order valence-corrected chi connectivity index (χ0v) is 52.3. The van der Waals surface area contributed by atoms with Gasteiger partial charge in [-0.1, -0.05) is 347 Å². The van der Waals surface area contributed by atoms with Gasteiger partial charge in [0.2, 0.25) is 0 Å². The molecule has 0 aliphatic rings. The molecule has 0 bridgehead atoms. The number of carbonyl (C=O) groups is 3. The van der Waals surface area contributed by atoms with Crippen molar-refractivity contribution < 1.29 is 28.6 Å². The van der Waals surface area contributed by atoms with E-state index in [-0.39, 0.29) is 31.1 Å². The Balaban J connectivity index is 4.14. The lowest BCUT2D eigenvalue weighted by molar-refractivity contribution is -0.167. The standard InChI is InChI=1S/C71H134O6/c1-4-7-10-13-16-19-22-25-27-29-31-32-33-34-35-36-37-38-39-40-41-43-44-46-49-52-55-58-61-64-70(73)76-67-68(66-75-69(72)63-60-57-54-51-48-24-21-18-15-12-9-6-3)77-71(74)65-62-59-56-53-50-47-45-42-30-28-26-23-20-17-14-11-8-5-2/h20,23,28,30,68H,4-19,21-22,24-27,29,31-67H2,1-3H3/b23-20-,30-28-. The van der Waals surface area contributed by atoms with Crippen LogP contribution in [0.15, 0.2) is 24.3 Å². The molecule has 6 nitrogen and oxygen atoms in total. The van der Waals surface area contributed by atoms with Crippen LogP contribution in [0.1, 0.15) is 393 Å². The maximum absolute atomic E-state index is 12.9. The van der Waals surface area contributed by atoms with Crippen LogP contribution in [-0.2, 0) is 28.6 Å². The van der Waals surface area contributed by atoms with E-state index in [0.29, 0.717) is 19.3 Å². The van der Waals surface area contributed by atoms with Gasteiger partial charge in [-0.15, -0.1) is 0 Å². The third-order valence-electron chi connectivity index (χ3n) is 16.0. The van der Waals surface area contributed by atoms with E-state index in [4.69, 9.17) is 14.2 Å². The SMILES string of the molecule is CCCCCC/C=C\C/C=C\CCCCCCCCCC(=O)OC(COC(=O)CCCCCCCCCCCCCC)COC(=O)CCCCCCCCCCCCCCCCCCCCCCCCCCCCCCC. The molecule has 6 heteroatoms. The Morgan fingerprint density at radius 1 is 0.260 bits per heavy atom. The molecule has 0 spiro atoms. The number of allylic oxidation sites excluding steroid dienone is 4. The van der Waals surface area contributed by atoms with Crippen molar-refractivity contribution in [2.75, 3.05) is 13.2 Å². The minimum atomic E-state index is -0.772. The largest absolute Gasteiger partial charge is 0.462 e. The Hall–Kier alpha value is -2.11. The minimum absolute atomic E-state index is 0.0684. The number of carbonyl (C=O) groups excluding carboxylic acids is 3. The van der Waals surface area contributed by atoms with Gasteiger partial charge in [-0.05, 0) is 51.4 Å². The van der Waals surface area contributed by atoms with Gasteiger partial charge in [-0.25, -0.2) is 0 Å². The van der Waals surface area contributed by atoms with Crippen molar-refractivity contribution in [1.29, 1.82) is 0 Å². The predicted octanol–water partition coefficient (Wildman–Crippen LogP) is 23.8. The van der Waals surface area contributed by atoms with E-state index in [1.807, 2.05) is 0 Å². The minimum Gasteiger partial charge on any atom is -0.462 e. The van der Waals surface area contributed by atoms with Crippen molar-refractivity contribution in [1.82, 2.24) is 0 Å². The van der Waals surface area contributed by atoms with E-state index in [0.717, 1.165) is 70.6 Å². The zero-order valence-electron chi connectivity index (χ0n) is 52.3. The molecule has 0 heterocycles. The van der Waals surface area contributed by atoms with Crippen LogP contribution in [0, 0.1) is 0 Å². The number of esters is 3. The highest BCUT2D eigenvalue weighted by molar-refractivity contribution is 5.71. The highest BCUT2D eigenvalue weighted by Crippen LogP contribution is 2.19. The van der Waals surface area contributed by atoms with Gasteiger partial charge in [0.25, 0.3) is 0 Å². The van der Waals surface area contributed by atoms with Crippen LogP contribution in [-0.4, -0.2) is 37.2 Å². The van der Waals surface area contributed by atoms with E-state index in [9.17, 15) is 14.4 Å². The van der Waals surface area contributed by atoms with Gasteiger partial charge in [-0.3, -0.25) is 14.4 Å². The molecule has 0 amide bonds. The molecule has 0 aromatic heterocycles. The molecule has 0 saturated heterocycles. The summed E-state index contributed by atoms with van der Waals surface area (Å²) in [5.41, 5.74) is 0. The summed E-state index contributed by atoms with van der Waals surface area (Å²) in [6.07, 6.45) is 80.7. The van der Waals surface area contributed by atoms with Crippen molar-refractivity contribution in [2.45, 2.75) is 399 Å².